The summed E-state index contributed by atoms with van der Waals surface area (Å²) in [5.41, 5.74) is -1.86. The Kier molecular flexibility index (Phi) is 7.92. The number of aromatic nitrogens is 1. The maximum Gasteiger partial charge on any atom is 0.338 e. The second kappa shape index (κ2) is 11.2. The molecule has 1 aromatic carbocycles. The lowest BCUT2D eigenvalue weighted by Gasteiger charge is -2.32. The van der Waals surface area contributed by atoms with Gasteiger partial charge in [0, 0.05) is 36.9 Å². The van der Waals surface area contributed by atoms with Crippen molar-refractivity contribution >= 4 is 35.0 Å². The van der Waals surface area contributed by atoms with E-state index in [1.54, 1.807) is 42.5 Å². The number of hydrogen-bond donors (Lipinski definition) is 2. The number of fused-ring (bicyclic) bond motifs is 1. The average Bonchev–Trinajstić information content (AvgIpc) is 3.63. The molecule has 3 aliphatic rings. The van der Waals surface area contributed by atoms with Gasteiger partial charge in [-0.2, -0.15) is 0 Å². The molecule has 2 N–H and O–H groups in total. The quantitative estimate of drug-likeness (QED) is 0.420. The Morgan fingerprint density at radius 3 is 2.76 bits per heavy atom. The van der Waals surface area contributed by atoms with E-state index in [9.17, 15) is 23.9 Å². The minimum Gasteiger partial charge on any atom is -0.481 e. The monoisotopic (exact) mass is 601 g/mol. The zero-order valence-electron chi connectivity index (χ0n) is 23.8. The number of aliphatic imine (C=N–C) groups is 1. The van der Waals surface area contributed by atoms with Crippen molar-refractivity contribution in [3.63, 3.8) is 0 Å². The van der Waals surface area contributed by atoms with Crippen molar-refractivity contribution < 1.29 is 33.0 Å². The summed E-state index contributed by atoms with van der Waals surface area (Å²) in [5, 5.41) is 15.1. The van der Waals surface area contributed by atoms with E-state index in [0.717, 1.165) is 0 Å². The van der Waals surface area contributed by atoms with Crippen molar-refractivity contribution in [2.24, 2.45) is 10.4 Å². The predicted molar refractivity (Wildman–Crippen MR) is 151 cm³/mol. The van der Waals surface area contributed by atoms with E-state index >= 15 is 4.39 Å². The van der Waals surface area contributed by atoms with Crippen LogP contribution >= 0.6 is 11.3 Å². The summed E-state index contributed by atoms with van der Waals surface area (Å²) in [5.74, 6) is -2.34. The normalized spacial score (nSPS) is 24.5. The largest absolute Gasteiger partial charge is 0.481 e. The van der Waals surface area contributed by atoms with Gasteiger partial charge in [-0.15, -0.1) is 11.3 Å². The Balaban J connectivity index is 1.55. The lowest BCUT2D eigenvalue weighted by Crippen LogP contribution is -2.48. The van der Waals surface area contributed by atoms with Crippen LogP contribution in [0.4, 0.5) is 8.78 Å². The molecule has 3 aliphatic heterocycles. The number of nitrogens with one attached hydrogen (secondary N) is 1. The van der Waals surface area contributed by atoms with E-state index in [1.807, 2.05) is 0 Å². The van der Waals surface area contributed by atoms with Crippen molar-refractivity contribution in [3.8, 4) is 0 Å². The van der Waals surface area contributed by atoms with Crippen LogP contribution in [0.1, 0.15) is 49.4 Å². The molecule has 42 heavy (non-hydrogen) atoms. The Labute approximate surface area is 246 Å². The summed E-state index contributed by atoms with van der Waals surface area (Å²) in [6.45, 7) is 6.22. The van der Waals surface area contributed by atoms with Gasteiger partial charge in [-0.25, -0.2) is 18.6 Å². The van der Waals surface area contributed by atoms with Crippen LogP contribution in [0.5, 0.6) is 0 Å². The molecule has 0 radical (unpaired) electrons. The number of aliphatic carboxylic acids is 1. The first-order valence-corrected chi connectivity index (χ1v) is 14.6. The van der Waals surface area contributed by atoms with Crippen molar-refractivity contribution in [1.82, 2.24) is 20.1 Å². The van der Waals surface area contributed by atoms with Crippen LogP contribution in [0.2, 0.25) is 0 Å². The van der Waals surface area contributed by atoms with Gasteiger partial charge in [-0.05, 0) is 51.3 Å². The first kappa shape index (κ1) is 29.8. The van der Waals surface area contributed by atoms with E-state index in [1.165, 1.54) is 36.2 Å². The molecule has 2 saturated heterocycles. The van der Waals surface area contributed by atoms with Crippen LogP contribution in [0.25, 0.3) is 0 Å². The fourth-order valence-corrected chi connectivity index (χ4v) is 6.44. The fraction of sp³-hybridized carbons (Fsp3) is 0.483. The highest BCUT2D eigenvalue weighted by atomic mass is 32.1. The molecule has 10 nitrogen and oxygen atoms in total. The zero-order valence-corrected chi connectivity index (χ0v) is 24.6. The smallest absolute Gasteiger partial charge is 0.338 e. The lowest BCUT2D eigenvalue weighted by molar-refractivity contribution is -0.149. The van der Waals surface area contributed by atoms with Crippen LogP contribution < -0.4 is 5.32 Å². The summed E-state index contributed by atoms with van der Waals surface area (Å²) in [6, 6.07) is 2.47. The van der Waals surface area contributed by atoms with Crippen molar-refractivity contribution in [2.75, 3.05) is 32.8 Å². The number of halogens is 2. The van der Waals surface area contributed by atoms with Crippen LogP contribution in [0, 0.1) is 18.2 Å². The number of amidine groups is 1. The molecule has 0 bridgehead atoms. The van der Waals surface area contributed by atoms with Crippen molar-refractivity contribution in [1.29, 1.82) is 0 Å². The zero-order chi connectivity index (χ0) is 30.4. The SMILES string of the molecule is CCOC(=O)C1=C(CN2CCC3(F)CN(CC(C)(C)C(=O)O)C(=O)C23)NC(c2nccs2)=NC1c1cccc(F)c1C. The number of hydrogen-bond acceptors (Lipinski definition) is 9. The highest BCUT2D eigenvalue weighted by molar-refractivity contribution is 7.11. The van der Waals surface area contributed by atoms with Crippen LogP contribution in [0.15, 0.2) is 46.0 Å². The number of likely N-dealkylation sites (tertiary alicyclic amines) is 2. The number of esters is 1. The standard InChI is InChI=1S/C29H33F2N5O5S/c1-5-41-26(38)20-19(13-35-11-9-29(31)15-36(25(37)22(29)35)14-28(3,4)27(39)40)33-23(24-32-10-12-42-24)34-21(20)17-7-6-8-18(30)16(17)2/h6-8,10,12,21-22H,5,9,11,13-15H2,1-4H3,(H,33,34)(H,39,40). The summed E-state index contributed by atoms with van der Waals surface area (Å²) >= 11 is 1.32. The first-order valence-electron chi connectivity index (χ1n) is 13.7. The minimum atomic E-state index is -1.88. The molecule has 3 unspecified atom stereocenters. The Morgan fingerprint density at radius 2 is 2.10 bits per heavy atom. The van der Waals surface area contributed by atoms with E-state index in [4.69, 9.17) is 9.73 Å². The number of ether oxygens (including phenoxy) is 1. The van der Waals surface area contributed by atoms with Gasteiger partial charge in [0.25, 0.3) is 0 Å². The van der Waals surface area contributed by atoms with Gasteiger partial charge in [-0.3, -0.25) is 19.5 Å². The summed E-state index contributed by atoms with van der Waals surface area (Å²) in [4.78, 5) is 50.8. The maximum absolute atomic E-state index is 16.2. The molecule has 2 aromatic rings. The molecule has 4 heterocycles. The number of carboxylic acids is 1. The molecular formula is C29H33F2N5O5S. The number of nitrogens with zero attached hydrogens (tertiary/aromatic N) is 4. The second-order valence-corrected chi connectivity index (χ2v) is 12.3. The number of amides is 1. The van der Waals surface area contributed by atoms with Gasteiger partial charge in [0.15, 0.2) is 16.5 Å². The number of thiazole rings is 1. The van der Waals surface area contributed by atoms with Gasteiger partial charge in [0.05, 0.1) is 24.1 Å². The van der Waals surface area contributed by atoms with Crippen molar-refractivity contribution in [2.45, 2.75) is 51.9 Å². The second-order valence-electron chi connectivity index (χ2n) is 11.5. The van der Waals surface area contributed by atoms with Gasteiger partial charge in [-0.1, -0.05) is 12.1 Å². The average molecular weight is 602 g/mol. The number of carbonyl (C=O) groups excluding carboxylic acids is 2. The van der Waals surface area contributed by atoms with Gasteiger partial charge in [0.1, 0.15) is 17.9 Å². The molecule has 3 atom stereocenters. The van der Waals surface area contributed by atoms with Gasteiger partial charge in [0.2, 0.25) is 5.91 Å². The van der Waals surface area contributed by atoms with Crippen LogP contribution in [-0.2, 0) is 19.1 Å². The molecule has 5 rings (SSSR count). The van der Waals surface area contributed by atoms with E-state index in [0.29, 0.717) is 27.7 Å². The predicted octanol–water partition coefficient (Wildman–Crippen LogP) is 3.23. The molecule has 0 saturated carbocycles. The third-order valence-electron chi connectivity index (χ3n) is 8.06. The van der Waals surface area contributed by atoms with Crippen LogP contribution in [0.3, 0.4) is 0 Å². The highest BCUT2D eigenvalue weighted by Gasteiger charge is 2.60. The van der Waals surface area contributed by atoms with E-state index in [-0.39, 0.29) is 44.8 Å². The fourth-order valence-electron chi connectivity index (χ4n) is 5.85. The molecule has 2 fully saturated rings. The molecular weight excluding hydrogens is 568 g/mol. The Morgan fingerprint density at radius 1 is 1.33 bits per heavy atom. The summed E-state index contributed by atoms with van der Waals surface area (Å²) in [6.07, 6.45) is 1.68. The molecule has 1 aromatic heterocycles. The molecule has 0 aliphatic carbocycles. The van der Waals surface area contributed by atoms with E-state index in [2.05, 4.69) is 10.3 Å². The van der Waals surface area contributed by atoms with Crippen molar-refractivity contribution in [3.05, 3.63) is 63.0 Å². The number of benzene rings is 1. The number of rotatable bonds is 9. The summed E-state index contributed by atoms with van der Waals surface area (Å²) < 4.78 is 36.4. The van der Waals surface area contributed by atoms with Gasteiger partial charge >= 0.3 is 11.9 Å². The molecule has 1 amide bonds. The number of carboxylic acid groups (broad SMARTS) is 1. The molecule has 13 heteroatoms. The molecule has 224 valence electrons. The van der Waals surface area contributed by atoms with Crippen LogP contribution in [-0.4, -0.2) is 88.1 Å². The minimum absolute atomic E-state index is 0.0261. The molecule has 0 spiro atoms. The Bertz CT molecular complexity index is 1480. The lowest BCUT2D eigenvalue weighted by atomic mass is 9.92. The number of alkyl halides is 1. The topological polar surface area (TPSA) is 124 Å². The Hall–Kier alpha value is -3.71. The third kappa shape index (κ3) is 5.31. The third-order valence-corrected chi connectivity index (χ3v) is 8.84. The van der Waals surface area contributed by atoms with Gasteiger partial charge < -0.3 is 20.1 Å². The highest BCUT2D eigenvalue weighted by Crippen LogP contribution is 2.42. The number of carbonyl (C=O) groups is 3. The van der Waals surface area contributed by atoms with E-state index < -0.39 is 46.8 Å². The maximum atomic E-state index is 16.2. The summed E-state index contributed by atoms with van der Waals surface area (Å²) in [7, 11) is 0. The first-order chi connectivity index (χ1) is 19.9.